The van der Waals surface area contributed by atoms with Gasteiger partial charge in [-0.3, -0.25) is 9.48 Å². The lowest BCUT2D eigenvalue weighted by Gasteiger charge is -2.16. The van der Waals surface area contributed by atoms with Gasteiger partial charge in [-0.15, -0.1) is 0 Å². The van der Waals surface area contributed by atoms with Gasteiger partial charge in [-0.2, -0.15) is 18.3 Å². The summed E-state index contributed by atoms with van der Waals surface area (Å²) in [5.41, 5.74) is -1.10. The largest absolute Gasteiger partial charge is 0.480 e. The number of halogens is 3. The molecule has 21 heavy (non-hydrogen) atoms. The number of hydrogen-bond acceptors (Lipinski definition) is 3. The highest BCUT2D eigenvalue weighted by molar-refractivity contribution is 5.83. The monoisotopic (exact) mass is 307 g/mol. The molecule has 118 valence electrons. The number of aromatic nitrogens is 2. The molecule has 0 saturated heterocycles. The fraction of sp³-hybridized carbons (Fsp3) is 0.583. The second kappa shape index (κ2) is 6.59. The number of amides is 1. The molecule has 9 heteroatoms. The van der Waals surface area contributed by atoms with Gasteiger partial charge in [0, 0.05) is 6.20 Å². The molecule has 0 fully saturated rings. The van der Waals surface area contributed by atoms with E-state index in [2.05, 4.69) is 10.4 Å². The predicted molar refractivity (Wildman–Crippen MR) is 66.3 cm³/mol. The molecule has 0 bridgehead atoms. The van der Waals surface area contributed by atoms with Gasteiger partial charge in [0.15, 0.2) is 5.69 Å². The first-order chi connectivity index (χ1) is 9.59. The lowest BCUT2D eigenvalue weighted by Crippen LogP contribution is -2.43. The first-order valence-electron chi connectivity index (χ1n) is 6.22. The van der Waals surface area contributed by atoms with Crippen LogP contribution in [0.2, 0.25) is 0 Å². The van der Waals surface area contributed by atoms with Crippen molar-refractivity contribution in [3.63, 3.8) is 0 Å². The van der Waals surface area contributed by atoms with Crippen molar-refractivity contribution >= 4 is 11.9 Å². The Balaban J connectivity index is 2.64. The molecule has 0 unspecified atom stereocenters. The molecular formula is C12H16F3N3O3. The molecule has 0 radical (unpaired) electrons. The van der Waals surface area contributed by atoms with Crippen LogP contribution in [0, 0.1) is 5.92 Å². The molecule has 0 aliphatic rings. The second-order valence-electron chi connectivity index (χ2n) is 4.98. The third-order valence-electron chi connectivity index (χ3n) is 2.58. The van der Waals surface area contributed by atoms with E-state index in [0.717, 1.165) is 16.9 Å². The molecule has 2 N–H and O–H groups in total. The number of carboxylic acid groups (broad SMARTS) is 1. The van der Waals surface area contributed by atoms with Gasteiger partial charge in [0.25, 0.3) is 0 Å². The van der Waals surface area contributed by atoms with E-state index in [1.54, 1.807) is 13.8 Å². The average molecular weight is 307 g/mol. The summed E-state index contributed by atoms with van der Waals surface area (Å²) in [7, 11) is 0. The number of hydrogen-bond donors (Lipinski definition) is 2. The molecule has 0 spiro atoms. The van der Waals surface area contributed by atoms with E-state index in [9.17, 15) is 22.8 Å². The van der Waals surface area contributed by atoms with Crippen molar-refractivity contribution in [1.29, 1.82) is 0 Å². The van der Waals surface area contributed by atoms with Crippen molar-refractivity contribution in [3.05, 3.63) is 18.0 Å². The zero-order chi connectivity index (χ0) is 16.2. The highest BCUT2D eigenvalue weighted by Crippen LogP contribution is 2.27. The third kappa shape index (κ3) is 5.44. The number of carbonyl (C=O) groups excluding carboxylic acids is 1. The topological polar surface area (TPSA) is 84.2 Å². The van der Waals surface area contributed by atoms with Crippen LogP contribution in [0.3, 0.4) is 0 Å². The number of carboxylic acids is 1. The molecule has 0 aromatic carbocycles. The number of nitrogens with one attached hydrogen (secondary N) is 1. The Labute approximate surface area is 118 Å². The molecule has 1 heterocycles. The first kappa shape index (κ1) is 17.0. The van der Waals surface area contributed by atoms with Crippen molar-refractivity contribution in [2.24, 2.45) is 5.92 Å². The van der Waals surface area contributed by atoms with E-state index in [1.165, 1.54) is 0 Å². The quantitative estimate of drug-likeness (QED) is 0.834. The van der Waals surface area contributed by atoms with E-state index in [4.69, 9.17) is 5.11 Å². The number of rotatable bonds is 6. The van der Waals surface area contributed by atoms with Crippen molar-refractivity contribution in [3.8, 4) is 0 Å². The van der Waals surface area contributed by atoms with E-state index >= 15 is 0 Å². The summed E-state index contributed by atoms with van der Waals surface area (Å²) in [6.07, 6.45) is -3.34. The van der Waals surface area contributed by atoms with Crippen molar-refractivity contribution in [2.45, 2.75) is 39.0 Å². The molecule has 1 rings (SSSR count). The summed E-state index contributed by atoms with van der Waals surface area (Å²) in [5.74, 6) is -1.85. The average Bonchev–Trinajstić information content (AvgIpc) is 2.75. The fourth-order valence-electron chi connectivity index (χ4n) is 1.68. The van der Waals surface area contributed by atoms with Gasteiger partial charge in [0.1, 0.15) is 12.6 Å². The lowest BCUT2D eigenvalue weighted by atomic mass is 10.0. The highest BCUT2D eigenvalue weighted by Gasteiger charge is 2.33. The van der Waals surface area contributed by atoms with Crippen LogP contribution >= 0.6 is 0 Å². The van der Waals surface area contributed by atoms with Gasteiger partial charge in [0.2, 0.25) is 5.91 Å². The van der Waals surface area contributed by atoms with E-state index in [1.807, 2.05) is 0 Å². The molecule has 1 amide bonds. The molecular weight excluding hydrogens is 291 g/mol. The van der Waals surface area contributed by atoms with Gasteiger partial charge < -0.3 is 10.4 Å². The zero-order valence-corrected chi connectivity index (χ0v) is 11.5. The summed E-state index contributed by atoms with van der Waals surface area (Å²) in [6.45, 7) is 3.12. The molecule has 6 nitrogen and oxygen atoms in total. The minimum atomic E-state index is -4.58. The maximum Gasteiger partial charge on any atom is 0.435 e. The maximum atomic E-state index is 12.3. The number of nitrogens with zero attached hydrogens (tertiary/aromatic N) is 2. The summed E-state index contributed by atoms with van der Waals surface area (Å²) >= 11 is 0. The summed E-state index contributed by atoms with van der Waals surface area (Å²) in [6, 6.07) is -0.328. The van der Waals surface area contributed by atoms with Gasteiger partial charge in [-0.05, 0) is 18.4 Å². The van der Waals surface area contributed by atoms with Crippen LogP contribution < -0.4 is 5.32 Å². The second-order valence-corrected chi connectivity index (χ2v) is 4.98. The SMILES string of the molecule is CC(C)C[C@H](NC(=O)Cn1ccc(C(F)(F)F)n1)C(=O)O. The number of aliphatic carboxylic acids is 1. The molecule has 1 aromatic rings. The number of carbonyl (C=O) groups is 2. The zero-order valence-electron chi connectivity index (χ0n) is 11.5. The fourth-order valence-corrected chi connectivity index (χ4v) is 1.68. The lowest BCUT2D eigenvalue weighted by molar-refractivity contribution is -0.142. The van der Waals surface area contributed by atoms with Crippen LogP contribution in [0.25, 0.3) is 0 Å². The Morgan fingerprint density at radius 1 is 1.43 bits per heavy atom. The van der Waals surface area contributed by atoms with Crippen molar-refractivity contribution < 1.29 is 27.9 Å². The Morgan fingerprint density at radius 2 is 2.05 bits per heavy atom. The van der Waals surface area contributed by atoms with Crippen molar-refractivity contribution in [2.75, 3.05) is 0 Å². The Kier molecular flexibility index (Phi) is 5.34. The molecule has 0 aliphatic carbocycles. The minimum Gasteiger partial charge on any atom is -0.480 e. The molecule has 0 aliphatic heterocycles. The first-order valence-corrected chi connectivity index (χ1v) is 6.22. The van der Waals surface area contributed by atoms with Crippen molar-refractivity contribution in [1.82, 2.24) is 15.1 Å². The summed E-state index contributed by atoms with van der Waals surface area (Å²) < 4.78 is 37.8. The summed E-state index contributed by atoms with van der Waals surface area (Å²) in [4.78, 5) is 22.6. The van der Waals surface area contributed by atoms with E-state index in [-0.39, 0.29) is 12.3 Å². The summed E-state index contributed by atoms with van der Waals surface area (Å²) in [5, 5.41) is 14.4. The Morgan fingerprint density at radius 3 is 2.48 bits per heavy atom. The normalized spacial score (nSPS) is 13.2. The maximum absolute atomic E-state index is 12.3. The van der Waals surface area contributed by atoms with E-state index < -0.39 is 36.3 Å². The van der Waals surface area contributed by atoms with Gasteiger partial charge in [0.05, 0.1) is 0 Å². The standard InChI is InChI=1S/C12H16F3N3O3/c1-7(2)5-8(11(20)21)16-10(19)6-18-4-3-9(17-18)12(13,14)15/h3-4,7-8H,5-6H2,1-2H3,(H,16,19)(H,20,21)/t8-/m0/s1. The molecule has 1 atom stereocenters. The van der Waals surface area contributed by atoms with Gasteiger partial charge in [-0.25, -0.2) is 4.79 Å². The number of alkyl halides is 3. The van der Waals surface area contributed by atoms with Crippen LogP contribution in [-0.4, -0.2) is 32.8 Å². The van der Waals surface area contributed by atoms with Crippen LogP contribution in [0.1, 0.15) is 26.0 Å². The predicted octanol–water partition coefficient (Wildman–Crippen LogP) is 1.52. The van der Waals surface area contributed by atoms with Crippen LogP contribution in [0.5, 0.6) is 0 Å². The van der Waals surface area contributed by atoms with Gasteiger partial charge >= 0.3 is 12.1 Å². The van der Waals surface area contributed by atoms with Crippen LogP contribution in [0.4, 0.5) is 13.2 Å². The van der Waals surface area contributed by atoms with Crippen LogP contribution in [0.15, 0.2) is 12.3 Å². The van der Waals surface area contributed by atoms with Crippen LogP contribution in [-0.2, 0) is 22.3 Å². The minimum absolute atomic E-state index is 0.0490. The Bertz CT molecular complexity index is 511. The van der Waals surface area contributed by atoms with E-state index in [0.29, 0.717) is 0 Å². The highest BCUT2D eigenvalue weighted by atomic mass is 19.4. The molecule has 1 aromatic heterocycles. The van der Waals surface area contributed by atoms with Gasteiger partial charge in [-0.1, -0.05) is 13.8 Å². The Hall–Kier alpha value is -2.06. The molecule has 0 saturated carbocycles. The third-order valence-corrected chi connectivity index (χ3v) is 2.58. The smallest absolute Gasteiger partial charge is 0.435 e.